The number of carbonyl (C=O) groups excluding carboxylic acids is 1. The number of halogens is 1. The Morgan fingerprint density at radius 2 is 2.35 bits per heavy atom. The molecule has 1 amide bonds. The molecule has 0 radical (unpaired) electrons. The fourth-order valence-corrected chi connectivity index (χ4v) is 2.96. The van der Waals surface area contributed by atoms with Gasteiger partial charge in [0.05, 0.1) is 4.47 Å². The minimum absolute atomic E-state index is 0.0227. The van der Waals surface area contributed by atoms with E-state index >= 15 is 0 Å². The van der Waals surface area contributed by atoms with Gasteiger partial charge >= 0.3 is 0 Å². The first-order valence-electron chi connectivity index (χ1n) is 6.66. The maximum absolute atomic E-state index is 12.5. The molecule has 1 atom stereocenters. The van der Waals surface area contributed by atoms with Gasteiger partial charge in [0.15, 0.2) is 5.69 Å². The predicted octanol–water partition coefficient (Wildman–Crippen LogP) is 2.22. The molecular weight excluding hydrogens is 322 g/mol. The quantitative estimate of drug-likeness (QED) is 0.881. The molecule has 2 aromatic heterocycles. The number of amides is 1. The van der Waals surface area contributed by atoms with Crippen LogP contribution in [0.1, 0.15) is 40.6 Å². The number of nitrogens with zero attached hydrogens (tertiary/aromatic N) is 3. The van der Waals surface area contributed by atoms with Gasteiger partial charge in [-0.25, -0.2) is 0 Å². The Labute approximate surface area is 125 Å². The van der Waals surface area contributed by atoms with Crippen molar-refractivity contribution in [1.29, 1.82) is 0 Å². The van der Waals surface area contributed by atoms with Gasteiger partial charge in [0, 0.05) is 36.6 Å². The van der Waals surface area contributed by atoms with Gasteiger partial charge in [-0.2, -0.15) is 10.2 Å². The molecular formula is C13H16BrN5O. The average molecular weight is 338 g/mol. The summed E-state index contributed by atoms with van der Waals surface area (Å²) in [6.45, 7) is 3.37. The molecule has 0 aromatic carbocycles. The molecule has 1 saturated heterocycles. The van der Waals surface area contributed by atoms with Crippen molar-refractivity contribution >= 4 is 21.8 Å². The van der Waals surface area contributed by atoms with Crippen molar-refractivity contribution in [2.75, 3.05) is 13.1 Å². The third-order valence-electron chi connectivity index (χ3n) is 3.75. The Morgan fingerprint density at radius 3 is 3.00 bits per heavy atom. The Hall–Kier alpha value is -1.63. The van der Waals surface area contributed by atoms with Gasteiger partial charge in [0.2, 0.25) is 0 Å². The highest BCUT2D eigenvalue weighted by molar-refractivity contribution is 9.10. The first-order valence-corrected chi connectivity index (χ1v) is 7.45. The van der Waals surface area contributed by atoms with Crippen molar-refractivity contribution in [3.05, 3.63) is 33.8 Å². The van der Waals surface area contributed by atoms with Gasteiger partial charge in [-0.15, -0.1) is 0 Å². The number of aromatic nitrogens is 4. The zero-order chi connectivity index (χ0) is 14.1. The zero-order valence-corrected chi connectivity index (χ0v) is 12.8. The van der Waals surface area contributed by atoms with Crippen LogP contribution in [0.25, 0.3) is 0 Å². The number of nitrogens with one attached hydrogen (secondary N) is 2. The van der Waals surface area contributed by atoms with E-state index in [2.05, 4.69) is 36.3 Å². The number of hydrogen-bond donors (Lipinski definition) is 2. The van der Waals surface area contributed by atoms with E-state index in [0.29, 0.717) is 18.2 Å². The Bertz CT molecular complexity index is 606. The predicted molar refractivity (Wildman–Crippen MR) is 77.5 cm³/mol. The largest absolute Gasteiger partial charge is 0.337 e. The van der Waals surface area contributed by atoms with Crippen molar-refractivity contribution in [3.8, 4) is 0 Å². The molecule has 106 valence electrons. The number of carbonyl (C=O) groups is 1. The lowest BCUT2D eigenvalue weighted by atomic mass is 9.95. The summed E-state index contributed by atoms with van der Waals surface area (Å²) >= 11 is 3.41. The van der Waals surface area contributed by atoms with Crippen LogP contribution in [0.2, 0.25) is 0 Å². The van der Waals surface area contributed by atoms with Crippen LogP contribution in [-0.2, 0) is 0 Å². The highest BCUT2D eigenvalue weighted by Crippen LogP contribution is 2.27. The topological polar surface area (TPSA) is 77.7 Å². The molecule has 20 heavy (non-hydrogen) atoms. The number of aryl methyl sites for hydroxylation is 1. The first kappa shape index (κ1) is 13.4. The summed E-state index contributed by atoms with van der Waals surface area (Å²) in [4.78, 5) is 14.4. The number of aromatic amines is 2. The van der Waals surface area contributed by atoms with Crippen molar-refractivity contribution in [1.82, 2.24) is 25.3 Å². The highest BCUT2D eigenvalue weighted by atomic mass is 79.9. The summed E-state index contributed by atoms with van der Waals surface area (Å²) in [6, 6.07) is 1.98. The minimum atomic E-state index is -0.0227. The van der Waals surface area contributed by atoms with Gasteiger partial charge in [0.1, 0.15) is 0 Å². The molecule has 0 spiro atoms. The van der Waals surface area contributed by atoms with E-state index in [-0.39, 0.29) is 5.91 Å². The number of likely N-dealkylation sites (tertiary alicyclic amines) is 1. The molecule has 6 nitrogen and oxygen atoms in total. The zero-order valence-electron chi connectivity index (χ0n) is 11.2. The molecule has 3 heterocycles. The number of piperidine rings is 1. The molecule has 2 aromatic rings. The Balaban J connectivity index is 1.77. The van der Waals surface area contributed by atoms with Crippen LogP contribution >= 0.6 is 15.9 Å². The molecule has 0 aliphatic carbocycles. The normalized spacial score (nSPS) is 19.3. The maximum atomic E-state index is 12.5. The lowest BCUT2D eigenvalue weighted by Gasteiger charge is -2.31. The number of hydrogen-bond acceptors (Lipinski definition) is 3. The fourth-order valence-electron chi connectivity index (χ4n) is 2.62. The van der Waals surface area contributed by atoms with E-state index in [9.17, 15) is 4.79 Å². The van der Waals surface area contributed by atoms with Crippen LogP contribution in [-0.4, -0.2) is 44.3 Å². The van der Waals surface area contributed by atoms with E-state index in [1.807, 2.05) is 17.9 Å². The third kappa shape index (κ3) is 2.37. The summed E-state index contributed by atoms with van der Waals surface area (Å²) in [5.74, 6) is 0.305. The van der Waals surface area contributed by atoms with Crippen LogP contribution in [0.5, 0.6) is 0 Å². The summed E-state index contributed by atoms with van der Waals surface area (Å²) in [5, 5.41) is 13.9. The monoisotopic (exact) mass is 337 g/mol. The van der Waals surface area contributed by atoms with E-state index < -0.39 is 0 Å². The van der Waals surface area contributed by atoms with Crippen molar-refractivity contribution < 1.29 is 4.79 Å². The summed E-state index contributed by atoms with van der Waals surface area (Å²) in [6.07, 6.45) is 3.83. The van der Waals surface area contributed by atoms with Gasteiger partial charge in [-0.1, -0.05) is 0 Å². The highest BCUT2D eigenvalue weighted by Gasteiger charge is 2.28. The van der Waals surface area contributed by atoms with E-state index in [1.54, 1.807) is 6.20 Å². The van der Waals surface area contributed by atoms with Crippen molar-refractivity contribution in [2.45, 2.75) is 25.7 Å². The van der Waals surface area contributed by atoms with E-state index in [4.69, 9.17) is 0 Å². The lowest BCUT2D eigenvalue weighted by molar-refractivity contribution is 0.0699. The first-order chi connectivity index (χ1) is 9.66. The summed E-state index contributed by atoms with van der Waals surface area (Å²) in [5.41, 5.74) is 2.43. The molecule has 1 fully saturated rings. The molecule has 0 unspecified atom stereocenters. The molecule has 1 aliphatic heterocycles. The lowest BCUT2D eigenvalue weighted by Crippen LogP contribution is -2.39. The molecule has 7 heteroatoms. The number of H-pyrrole nitrogens is 2. The standard InChI is InChI=1S/C13H16BrN5O/c1-8-11(14)12(18-16-8)13(20)19-6-2-3-9(7-19)10-4-5-15-17-10/h4-5,9H,2-3,6-7H2,1H3,(H,15,17)(H,16,18)/t9-/m1/s1. The van der Waals surface area contributed by atoms with Crippen LogP contribution in [0.3, 0.4) is 0 Å². The SMILES string of the molecule is Cc1[nH]nc(C(=O)N2CCC[C@@H](c3ccn[nH]3)C2)c1Br. The summed E-state index contributed by atoms with van der Waals surface area (Å²) < 4.78 is 0.756. The Kier molecular flexibility index (Phi) is 3.60. The molecule has 0 bridgehead atoms. The molecule has 1 aliphatic rings. The second kappa shape index (κ2) is 5.40. The second-order valence-corrected chi connectivity index (χ2v) is 5.91. The molecule has 3 rings (SSSR count). The van der Waals surface area contributed by atoms with E-state index in [1.165, 1.54) is 0 Å². The van der Waals surface area contributed by atoms with Gasteiger partial charge in [0.25, 0.3) is 5.91 Å². The van der Waals surface area contributed by atoms with Crippen LogP contribution < -0.4 is 0 Å². The third-order valence-corrected chi connectivity index (χ3v) is 4.72. The Morgan fingerprint density at radius 1 is 1.50 bits per heavy atom. The van der Waals surface area contributed by atoms with Crippen molar-refractivity contribution in [3.63, 3.8) is 0 Å². The van der Waals surface area contributed by atoms with Crippen LogP contribution in [0.4, 0.5) is 0 Å². The van der Waals surface area contributed by atoms with Crippen LogP contribution in [0, 0.1) is 6.92 Å². The smallest absolute Gasteiger partial charge is 0.275 e. The second-order valence-electron chi connectivity index (χ2n) is 5.11. The maximum Gasteiger partial charge on any atom is 0.275 e. The van der Waals surface area contributed by atoms with Gasteiger partial charge in [-0.05, 0) is 41.8 Å². The van der Waals surface area contributed by atoms with Gasteiger partial charge < -0.3 is 4.90 Å². The minimum Gasteiger partial charge on any atom is -0.337 e. The molecule has 2 N–H and O–H groups in total. The summed E-state index contributed by atoms with van der Waals surface area (Å²) in [7, 11) is 0. The average Bonchev–Trinajstić information content (AvgIpc) is 3.10. The van der Waals surface area contributed by atoms with Crippen molar-refractivity contribution in [2.24, 2.45) is 0 Å². The van der Waals surface area contributed by atoms with E-state index in [0.717, 1.165) is 35.2 Å². The van der Waals surface area contributed by atoms with Crippen LogP contribution in [0.15, 0.2) is 16.7 Å². The molecule has 0 saturated carbocycles. The van der Waals surface area contributed by atoms with Gasteiger partial charge in [-0.3, -0.25) is 15.0 Å². The number of rotatable bonds is 2. The fraction of sp³-hybridized carbons (Fsp3) is 0.462.